The van der Waals surface area contributed by atoms with Gasteiger partial charge in [0.15, 0.2) is 0 Å². The van der Waals surface area contributed by atoms with Crippen LogP contribution in [-0.4, -0.2) is 34.9 Å². The van der Waals surface area contributed by atoms with Gasteiger partial charge in [0.2, 0.25) is 0 Å². The first-order valence-corrected chi connectivity index (χ1v) is 7.64. The third kappa shape index (κ3) is 2.20. The van der Waals surface area contributed by atoms with Crippen molar-refractivity contribution in [2.75, 3.05) is 6.54 Å². The molecule has 104 valence electrons. The molecule has 5 heteroatoms. The predicted molar refractivity (Wildman–Crippen MR) is 73.1 cm³/mol. The molecule has 0 unspecified atom stereocenters. The number of thiophene rings is 1. The van der Waals surface area contributed by atoms with Crippen molar-refractivity contribution < 1.29 is 15.0 Å². The Kier molecular flexibility index (Phi) is 3.37. The Balaban J connectivity index is 1.57. The Morgan fingerprint density at radius 2 is 2.21 bits per heavy atom. The van der Waals surface area contributed by atoms with Gasteiger partial charge < -0.3 is 15.5 Å². The molecular formula is C14H19NO3S. The number of amides is 1. The van der Waals surface area contributed by atoms with Crippen LogP contribution in [0.25, 0.3) is 0 Å². The summed E-state index contributed by atoms with van der Waals surface area (Å²) >= 11 is 1.45. The lowest BCUT2D eigenvalue weighted by Gasteiger charge is -2.29. The molecule has 0 saturated heterocycles. The Labute approximate surface area is 116 Å². The van der Waals surface area contributed by atoms with Crippen molar-refractivity contribution in [3.05, 3.63) is 21.9 Å². The highest BCUT2D eigenvalue weighted by Crippen LogP contribution is 2.48. The molecule has 19 heavy (non-hydrogen) atoms. The Morgan fingerprint density at radius 3 is 2.79 bits per heavy atom. The molecule has 1 heterocycles. The minimum Gasteiger partial charge on any atom is -0.390 e. The zero-order valence-electron chi connectivity index (χ0n) is 10.9. The van der Waals surface area contributed by atoms with Gasteiger partial charge >= 0.3 is 0 Å². The van der Waals surface area contributed by atoms with Gasteiger partial charge in [0.1, 0.15) is 0 Å². The third-order valence-corrected chi connectivity index (χ3v) is 5.67. The number of carbonyl (C=O) groups excluding carboxylic acids is 1. The van der Waals surface area contributed by atoms with E-state index in [1.807, 2.05) is 18.4 Å². The smallest absolute Gasteiger partial charge is 0.261 e. The second kappa shape index (κ2) is 4.89. The van der Waals surface area contributed by atoms with Crippen LogP contribution in [-0.2, 0) is 0 Å². The topological polar surface area (TPSA) is 69.6 Å². The fourth-order valence-electron chi connectivity index (χ4n) is 3.58. The molecule has 0 radical (unpaired) electrons. The number of hydrogen-bond donors (Lipinski definition) is 3. The quantitative estimate of drug-likeness (QED) is 0.779. The summed E-state index contributed by atoms with van der Waals surface area (Å²) in [5, 5.41) is 24.5. The van der Waals surface area contributed by atoms with Crippen LogP contribution in [0.3, 0.4) is 0 Å². The molecule has 0 aromatic carbocycles. The van der Waals surface area contributed by atoms with E-state index in [1.54, 1.807) is 0 Å². The monoisotopic (exact) mass is 281 g/mol. The number of carbonyl (C=O) groups is 1. The second-order valence-corrected chi connectivity index (χ2v) is 6.70. The van der Waals surface area contributed by atoms with Gasteiger partial charge in [0, 0.05) is 6.54 Å². The van der Waals surface area contributed by atoms with E-state index in [2.05, 4.69) is 5.32 Å². The molecule has 2 aliphatic rings. The molecule has 2 saturated carbocycles. The fourth-order valence-corrected chi connectivity index (χ4v) is 4.42. The van der Waals surface area contributed by atoms with Gasteiger partial charge in [-0.3, -0.25) is 4.79 Å². The number of hydrogen-bond acceptors (Lipinski definition) is 4. The summed E-state index contributed by atoms with van der Waals surface area (Å²) in [5.74, 6) is 0.632. The van der Waals surface area contributed by atoms with E-state index in [4.69, 9.17) is 0 Å². The molecular weight excluding hydrogens is 262 g/mol. The van der Waals surface area contributed by atoms with E-state index in [1.165, 1.54) is 11.3 Å². The molecule has 0 aliphatic heterocycles. The van der Waals surface area contributed by atoms with Gasteiger partial charge in [-0.2, -0.15) is 0 Å². The molecule has 1 aromatic rings. The molecule has 3 rings (SSSR count). The van der Waals surface area contributed by atoms with E-state index in [0.29, 0.717) is 12.5 Å². The average molecular weight is 281 g/mol. The van der Waals surface area contributed by atoms with Crippen LogP contribution >= 0.6 is 11.3 Å². The van der Waals surface area contributed by atoms with Crippen LogP contribution in [0.5, 0.6) is 0 Å². The maximum absolute atomic E-state index is 12.0. The van der Waals surface area contributed by atoms with Gasteiger partial charge in [0.05, 0.1) is 17.1 Å². The minimum atomic E-state index is -0.607. The lowest BCUT2D eigenvalue weighted by molar-refractivity contribution is -0.0332. The van der Waals surface area contributed by atoms with E-state index in [9.17, 15) is 15.0 Å². The molecule has 2 aliphatic carbocycles. The van der Waals surface area contributed by atoms with Crippen molar-refractivity contribution >= 4 is 17.2 Å². The van der Waals surface area contributed by atoms with Crippen LogP contribution in [0, 0.1) is 24.7 Å². The predicted octanol–water partition coefficient (Wildman–Crippen LogP) is 1.16. The molecule has 2 bridgehead atoms. The van der Waals surface area contributed by atoms with Crippen LogP contribution in [0.2, 0.25) is 0 Å². The number of fused-ring (bicyclic) bond motifs is 2. The van der Waals surface area contributed by atoms with Crippen LogP contribution in [0.1, 0.15) is 28.1 Å². The number of nitrogens with one attached hydrogen (secondary N) is 1. The standard InChI is InChI=1S/C14H19NO3S/c1-7-2-3-19-13(7)14(18)15-6-9-4-8-5-10(9)12(17)11(8)16/h2-3,8-12,16-17H,4-6H2,1H3,(H,15,18)/t8-,9-,10-,11+,12-/m0/s1. The van der Waals surface area contributed by atoms with Crippen LogP contribution in [0.15, 0.2) is 11.4 Å². The molecule has 5 atom stereocenters. The summed E-state index contributed by atoms with van der Waals surface area (Å²) in [6.07, 6.45) is 0.633. The molecule has 1 amide bonds. The largest absolute Gasteiger partial charge is 0.390 e. The van der Waals surface area contributed by atoms with Gasteiger partial charge in [0.25, 0.3) is 5.91 Å². The minimum absolute atomic E-state index is 0.0229. The van der Waals surface area contributed by atoms with Gasteiger partial charge in [-0.1, -0.05) is 0 Å². The first kappa shape index (κ1) is 13.1. The van der Waals surface area contributed by atoms with Crippen molar-refractivity contribution in [2.24, 2.45) is 17.8 Å². The van der Waals surface area contributed by atoms with Crippen LogP contribution < -0.4 is 5.32 Å². The van der Waals surface area contributed by atoms with E-state index in [0.717, 1.165) is 23.3 Å². The van der Waals surface area contributed by atoms with Crippen molar-refractivity contribution in [2.45, 2.75) is 32.0 Å². The zero-order chi connectivity index (χ0) is 13.6. The first-order valence-electron chi connectivity index (χ1n) is 6.76. The Morgan fingerprint density at radius 1 is 1.42 bits per heavy atom. The summed E-state index contributed by atoms with van der Waals surface area (Å²) in [5.41, 5.74) is 1.01. The number of aliphatic hydroxyl groups excluding tert-OH is 2. The number of rotatable bonds is 3. The summed E-state index contributed by atoms with van der Waals surface area (Å²) in [7, 11) is 0. The van der Waals surface area contributed by atoms with Crippen molar-refractivity contribution in [3.63, 3.8) is 0 Å². The Hall–Kier alpha value is -0.910. The fraction of sp³-hybridized carbons (Fsp3) is 0.643. The molecule has 1 aromatic heterocycles. The summed E-state index contributed by atoms with van der Waals surface area (Å²) in [6.45, 7) is 2.53. The second-order valence-electron chi connectivity index (χ2n) is 5.78. The van der Waals surface area contributed by atoms with Crippen LogP contribution in [0.4, 0.5) is 0 Å². The van der Waals surface area contributed by atoms with Gasteiger partial charge in [-0.05, 0) is 54.5 Å². The highest BCUT2D eigenvalue weighted by molar-refractivity contribution is 7.12. The number of aryl methyl sites for hydroxylation is 1. The summed E-state index contributed by atoms with van der Waals surface area (Å²) < 4.78 is 0. The van der Waals surface area contributed by atoms with Crippen molar-refractivity contribution in [1.82, 2.24) is 5.32 Å². The van der Waals surface area contributed by atoms with E-state index >= 15 is 0 Å². The van der Waals surface area contributed by atoms with Crippen molar-refractivity contribution in [1.29, 1.82) is 0 Å². The summed E-state index contributed by atoms with van der Waals surface area (Å²) in [6, 6.07) is 1.94. The zero-order valence-corrected chi connectivity index (χ0v) is 11.7. The van der Waals surface area contributed by atoms with Gasteiger partial charge in [-0.15, -0.1) is 11.3 Å². The summed E-state index contributed by atoms with van der Waals surface area (Å²) in [4.78, 5) is 12.8. The highest BCUT2D eigenvalue weighted by atomic mass is 32.1. The lowest BCUT2D eigenvalue weighted by Crippen LogP contribution is -2.41. The Bertz CT molecular complexity index is 485. The highest BCUT2D eigenvalue weighted by Gasteiger charge is 2.51. The van der Waals surface area contributed by atoms with Crippen molar-refractivity contribution in [3.8, 4) is 0 Å². The van der Waals surface area contributed by atoms with Gasteiger partial charge in [-0.25, -0.2) is 0 Å². The SMILES string of the molecule is Cc1ccsc1C(=O)NC[C@@H]1C[C@H]2C[C@@H]1[C@H](O)[C@@H]2O. The average Bonchev–Trinajstić information content (AvgIpc) is 3.05. The third-order valence-electron chi connectivity index (χ3n) is 4.65. The molecule has 2 fully saturated rings. The number of aliphatic hydroxyl groups is 2. The maximum atomic E-state index is 12.0. The normalized spacial score (nSPS) is 36.7. The maximum Gasteiger partial charge on any atom is 0.261 e. The molecule has 4 nitrogen and oxygen atoms in total. The first-order chi connectivity index (χ1) is 9.08. The van der Waals surface area contributed by atoms with E-state index < -0.39 is 12.2 Å². The lowest BCUT2D eigenvalue weighted by atomic mass is 9.85. The molecule has 3 N–H and O–H groups in total. The molecule has 0 spiro atoms. The van der Waals surface area contributed by atoms with E-state index in [-0.39, 0.29) is 17.7 Å².